The summed E-state index contributed by atoms with van der Waals surface area (Å²) in [7, 11) is 1.97. The molecule has 31 heavy (non-hydrogen) atoms. The van der Waals surface area contributed by atoms with E-state index in [0.29, 0.717) is 55.8 Å². The van der Waals surface area contributed by atoms with Gasteiger partial charge in [-0.15, -0.1) is 0 Å². The number of hydrogen-bond donors (Lipinski definition) is 0. The molecule has 0 atom stereocenters. The van der Waals surface area contributed by atoms with Gasteiger partial charge in [0.15, 0.2) is 0 Å². The maximum absolute atomic E-state index is 13.5. The lowest BCUT2D eigenvalue weighted by Crippen LogP contribution is -2.56. The van der Waals surface area contributed by atoms with Crippen molar-refractivity contribution in [3.05, 3.63) is 65.6 Å². The van der Waals surface area contributed by atoms with Crippen LogP contribution in [0.15, 0.2) is 48.7 Å². The fourth-order valence-electron chi connectivity index (χ4n) is 5.19. The van der Waals surface area contributed by atoms with Gasteiger partial charge in [0, 0.05) is 43.5 Å². The molecule has 5 nitrogen and oxygen atoms in total. The molecule has 0 N–H and O–H groups in total. The van der Waals surface area contributed by atoms with Gasteiger partial charge in [0.1, 0.15) is 5.69 Å². The van der Waals surface area contributed by atoms with E-state index in [9.17, 15) is 18.0 Å². The number of piperidine rings is 1. The summed E-state index contributed by atoms with van der Waals surface area (Å²) in [6.45, 7) is 1.84. The first-order valence-electron chi connectivity index (χ1n) is 10.4. The van der Waals surface area contributed by atoms with Gasteiger partial charge in [0.05, 0.1) is 16.6 Å². The Morgan fingerprint density at radius 3 is 2.48 bits per heavy atom. The molecule has 0 unspecified atom stereocenters. The van der Waals surface area contributed by atoms with Crippen LogP contribution in [-0.4, -0.2) is 51.9 Å². The molecule has 8 heteroatoms. The zero-order valence-electron chi connectivity index (χ0n) is 17.2. The van der Waals surface area contributed by atoms with E-state index in [1.165, 1.54) is 10.6 Å². The zero-order valence-corrected chi connectivity index (χ0v) is 17.2. The van der Waals surface area contributed by atoms with Crippen molar-refractivity contribution >= 4 is 16.8 Å². The molecule has 4 heterocycles. The number of carbonyl (C=O) groups is 1. The standard InChI is InChI=1S/C23H23F3N4O/c1-28-14-15-30-18(7-8-19(30)23(24,25)26)22(28)9-12-29(13-10-22)21(31)17-6-2-4-16-5-3-11-27-20(16)17/h2-8,11H,9-10,12-15H2,1H3. The number of pyridine rings is 1. The van der Waals surface area contributed by atoms with E-state index >= 15 is 0 Å². The highest BCUT2D eigenvalue weighted by molar-refractivity contribution is 6.05. The van der Waals surface area contributed by atoms with E-state index in [0.717, 1.165) is 5.39 Å². The molecule has 2 aromatic heterocycles. The quantitative estimate of drug-likeness (QED) is 0.585. The Labute approximate surface area is 178 Å². The van der Waals surface area contributed by atoms with E-state index in [1.807, 2.05) is 31.3 Å². The van der Waals surface area contributed by atoms with Crippen molar-refractivity contribution < 1.29 is 18.0 Å². The monoisotopic (exact) mass is 428 g/mol. The van der Waals surface area contributed by atoms with E-state index in [-0.39, 0.29) is 5.91 Å². The van der Waals surface area contributed by atoms with Crippen LogP contribution in [-0.2, 0) is 18.3 Å². The SMILES string of the molecule is CN1CCn2c(C(F)(F)F)ccc2C12CCN(C(=O)c1cccc3cccnc13)CC2. The van der Waals surface area contributed by atoms with Crippen LogP contribution < -0.4 is 0 Å². The number of carbonyl (C=O) groups excluding carboxylic acids is 1. The van der Waals surface area contributed by atoms with Gasteiger partial charge < -0.3 is 9.47 Å². The van der Waals surface area contributed by atoms with Crippen molar-refractivity contribution in [1.29, 1.82) is 0 Å². The number of halogens is 3. The molecule has 1 fully saturated rings. The van der Waals surface area contributed by atoms with Gasteiger partial charge in [-0.1, -0.05) is 18.2 Å². The molecule has 0 radical (unpaired) electrons. The number of nitrogens with zero attached hydrogens (tertiary/aromatic N) is 4. The molecule has 1 amide bonds. The summed E-state index contributed by atoms with van der Waals surface area (Å²) in [6, 6.07) is 12.1. The molecule has 0 bridgehead atoms. The Morgan fingerprint density at radius 2 is 1.74 bits per heavy atom. The number of amides is 1. The van der Waals surface area contributed by atoms with Crippen LogP contribution in [0.5, 0.6) is 0 Å². The summed E-state index contributed by atoms with van der Waals surface area (Å²) in [5.41, 5.74) is 0.862. The predicted octanol–water partition coefficient (Wildman–Crippen LogP) is 4.13. The smallest absolute Gasteiger partial charge is 0.338 e. The van der Waals surface area contributed by atoms with Crippen molar-refractivity contribution in [3.8, 4) is 0 Å². The first kappa shape index (κ1) is 20.1. The van der Waals surface area contributed by atoms with Crippen molar-refractivity contribution in [2.75, 3.05) is 26.7 Å². The highest BCUT2D eigenvalue weighted by Gasteiger charge is 2.47. The number of benzene rings is 1. The molecule has 1 saturated heterocycles. The maximum atomic E-state index is 13.5. The Kier molecular flexibility index (Phi) is 4.58. The molecule has 162 valence electrons. The minimum absolute atomic E-state index is 0.0797. The first-order chi connectivity index (χ1) is 14.8. The fourth-order valence-corrected chi connectivity index (χ4v) is 5.19. The van der Waals surface area contributed by atoms with Crippen molar-refractivity contribution in [2.45, 2.75) is 31.1 Å². The molecular formula is C23H23F3N4O. The number of likely N-dealkylation sites (N-methyl/N-ethyl adjacent to an activating group) is 1. The molecule has 2 aliphatic heterocycles. The van der Waals surface area contributed by atoms with Gasteiger partial charge in [-0.2, -0.15) is 13.2 Å². The Morgan fingerprint density at radius 1 is 1.00 bits per heavy atom. The summed E-state index contributed by atoms with van der Waals surface area (Å²) in [4.78, 5) is 21.6. The predicted molar refractivity (Wildman–Crippen MR) is 111 cm³/mol. The van der Waals surface area contributed by atoms with E-state index < -0.39 is 17.4 Å². The van der Waals surface area contributed by atoms with Gasteiger partial charge in [0.25, 0.3) is 5.91 Å². The molecule has 1 aromatic carbocycles. The lowest BCUT2D eigenvalue weighted by Gasteiger charge is -2.50. The summed E-state index contributed by atoms with van der Waals surface area (Å²) in [5, 5.41) is 0.909. The van der Waals surface area contributed by atoms with Crippen LogP contribution in [0.4, 0.5) is 13.2 Å². The molecule has 0 aliphatic carbocycles. The molecule has 1 spiro atoms. The van der Waals surface area contributed by atoms with Crippen LogP contribution in [0.2, 0.25) is 0 Å². The molecule has 5 rings (SSSR count). The van der Waals surface area contributed by atoms with Gasteiger partial charge in [-0.25, -0.2) is 0 Å². The number of alkyl halides is 3. The average Bonchev–Trinajstić information content (AvgIpc) is 3.22. The van der Waals surface area contributed by atoms with Crippen LogP contribution in [0.3, 0.4) is 0 Å². The minimum Gasteiger partial charge on any atom is -0.338 e. The molecule has 3 aromatic rings. The van der Waals surface area contributed by atoms with E-state index in [2.05, 4.69) is 9.88 Å². The van der Waals surface area contributed by atoms with Crippen LogP contribution in [0.25, 0.3) is 10.9 Å². The Hall–Kier alpha value is -2.87. The number of rotatable bonds is 1. The third-order valence-electron chi connectivity index (χ3n) is 6.88. The number of hydrogen-bond acceptors (Lipinski definition) is 3. The minimum atomic E-state index is -4.37. The van der Waals surface area contributed by atoms with Gasteiger partial charge in [-0.05, 0) is 44.2 Å². The van der Waals surface area contributed by atoms with Crippen LogP contribution in [0, 0.1) is 0 Å². The Balaban J connectivity index is 1.43. The normalized spacial score (nSPS) is 19.0. The highest BCUT2D eigenvalue weighted by atomic mass is 19.4. The first-order valence-corrected chi connectivity index (χ1v) is 10.4. The zero-order chi connectivity index (χ0) is 21.8. The lowest BCUT2D eigenvalue weighted by atomic mass is 9.81. The van der Waals surface area contributed by atoms with Crippen LogP contribution in [0.1, 0.15) is 34.6 Å². The molecule has 0 saturated carbocycles. The third-order valence-corrected chi connectivity index (χ3v) is 6.88. The highest BCUT2D eigenvalue weighted by Crippen LogP contribution is 2.44. The Bertz CT molecular complexity index is 1140. The summed E-state index contributed by atoms with van der Waals surface area (Å²) in [6.07, 6.45) is -1.51. The van der Waals surface area contributed by atoms with Crippen molar-refractivity contribution in [1.82, 2.24) is 19.4 Å². The van der Waals surface area contributed by atoms with Gasteiger partial charge in [-0.3, -0.25) is 14.7 Å². The van der Waals surface area contributed by atoms with Crippen molar-refractivity contribution in [2.24, 2.45) is 0 Å². The van der Waals surface area contributed by atoms with Crippen molar-refractivity contribution in [3.63, 3.8) is 0 Å². The second-order valence-corrected chi connectivity index (χ2v) is 8.38. The second-order valence-electron chi connectivity index (χ2n) is 8.38. The second kappa shape index (κ2) is 7.09. The lowest BCUT2D eigenvalue weighted by molar-refractivity contribution is -0.144. The van der Waals surface area contributed by atoms with E-state index in [1.54, 1.807) is 23.2 Å². The number of fused-ring (bicyclic) bond motifs is 3. The fraction of sp³-hybridized carbons (Fsp3) is 0.391. The number of para-hydroxylation sites is 1. The van der Waals surface area contributed by atoms with Crippen LogP contribution >= 0.6 is 0 Å². The average molecular weight is 428 g/mol. The summed E-state index contributed by atoms with van der Waals surface area (Å²) in [5.74, 6) is -0.0797. The van der Waals surface area contributed by atoms with Gasteiger partial charge >= 0.3 is 6.18 Å². The topological polar surface area (TPSA) is 41.4 Å². The molecule has 2 aliphatic rings. The molecular weight excluding hydrogens is 405 g/mol. The number of likely N-dealkylation sites (tertiary alicyclic amines) is 1. The maximum Gasteiger partial charge on any atom is 0.431 e. The number of aromatic nitrogens is 2. The van der Waals surface area contributed by atoms with Gasteiger partial charge in [0.2, 0.25) is 0 Å². The van der Waals surface area contributed by atoms with E-state index in [4.69, 9.17) is 0 Å². The summed E-state index contributed by atoms with van der Waals surface area (Å²) < 4.78 is 41.8. The third kappa shape index (κ3) is 3.12. The summed E-state index contributed by atoms with van der Waals surface area (Å²) >= 11 is 0. The largest absolute Gasteiger partial charge is 0.431 e.